The summed E-state index contributed by atoms with van der Waals surface area (Å²) in [6, 6.07) is 12.8. The summed E-state index contributed by atoms with van der Waals surface area (Å²) in [6.45, 7) is 5.27. The number of hydrogen-bond donors (Lipinski definition) is 3. The third-order valence-corrected chi connectivity index (χ3v) is 12.1. The number of nitrogens with one attached hydrogen (secondary N) is 1. The molecule has 3 N–H and O–H groups in total. The van der Waals surface area contributed by atoms with E-state index < -0.39 is 89.7 Å². The van der Waals surface area contributed by atoms with Crippen LogP contribution in [0.15, 0.2) is 54.8 Å². The number of carbonyl (C=O) groups excluding carboxylic acids is 4. The molecule has 1 saturated carbocycles. The Morgan fingerprint density at radius 1 is 1.03 bits per heavy atom. The molecule has 2 bridgehead atoms. The molecule has 0 aromatic heterocycles. The van der Waals surface area contributed by atoms with E-state index in [2.05, 4.69) is 5.32 Å². The lowest BCUT2D eigenvalue weighted by Gasteiger charge is -2.50. The molecule has 5 fully saturated rings. The first-order chi connectivity index (χ1) is 27.8. The van der Waals surface area contributed by atoms with Gasteiger partial charge in [0.05, 0.1) is 32.1 Å². The van der Waals surface area contributed by atoms with Crippen molar-refractivity contribution in [3.63, 3.8) is 0 Å². The number of fused-ring (bicyclic) bond motifs is 5. The molecule has 312 valence electrons. The Balaban J connectivity index is 1.09. The Kier molecular flexibility index (Phi) is 11.1. The maximum atomic E-state index is 15.5. The van der Waals surface area contributed by atoms with Crippen LogP contribution in [0, 0.1) is 5.41 Å². The minimum atomic E-state index is -1.49. The van der Waals surface area contributed by atoms with Gasteiger partial charge in [-0.1, -0.05) is 48.5 Å². The number of benzene rings is 2. The zero-order chi connectivity index (χ0) is 40.8. The number of ether oxygens (including phenoxy) is 5. The second kappa shape index (κ2) is 16.0. The van der Waals surface area contributed by atoms with Crippen LogP contribution in [0.25, 0.3) is 6.08 Å². The molecule has 8 atom stereocenters. The van der Waals surface area contributed by atoms with Crippen LogP contribution < -0.4 is 5.32 Å². The van der Waals surface area contributed by atoms with Crippen LogP contribution in [-0.2, 0) is 67.1 Å². The van der Waals surface area contributed by atoms with Crippen molar-refractivity contribution in [1.29, 1.82) is 0 Å². The van der Waals surface area contributed by atoms with Crippen molar-refractivity contribution < 1.29 is 57.9 Å². The van der Waals surface area contributed by atoms with Crippen LogP contribution in [0.3, 0.4) is 0 Å². The molecular formula is C43H53N3O12. The van der Waals surface area contributed by atoms with Crippen molar-refractivity contribution in [2.24, 2.45) is 5.41 Å². The Morgan fingerprint density at radius 3 is 2.48 bits per heavy atom. The maximum absolute atomic E-state index is 15.5. The molecule has 15 nitrogen and oxygen atoms in total. The van der Waals surface area contributed by atoms with Gasteiger partial charge in [-0.3, -0.25) is 24.0 Å². The molecule has 2 amide bonds. The molecule has 0 unspecified atom stereocenters. The number of esters is 2. The summed E-state index contributed by atoms with van der Waals surface area (Å²) in [7, 11) is 0. The van der Waals surface area contributed by atoms with E-state index in [1.54, 1.807) is 31.7 Å². The van der Waals surface area contributed by atoms with Crippen molar-refractivity contribution in [3.8, 4) is 0 Å². The highest BCUT2D eigenvalue weighted by atomic mass is 16.8. The number of carbonyl (C=O) groups is 4. The number of nitrogens with zero attached hydrogens (tertiary/aromatic N) is 2. The molecule has 4 saturated heterocycles. The molecule has 0 radical (unpaired) electrons. The van der Waals surface area contributed by atoms with Gasteiger partial charge in [-0.25, -0.2) is 0 Å². The van der Waals surface area contributed by atoms with Gasteiger partial charge in [-0.15, -0.1) is 0 Å². The Bertz CT molecular complexity index is 1910. The summed E-state index contributed by atoms with van der Waals surface area (Å²) in [6.07, 6.45) is 2.16. The second-order valence-corrected chi connectivity index (χ2v) is 17.2. The van der Waals surface area contributed by atoms with Crippen LogP contribution in [0.1, 0.15) is 75.1 Å². The average molecular weight is 804 g/mol. The number of likely N-dealkylation sites (tertiary alicyclic amines) is 1. The molecule has 6 aliphatic rings. The van der Waals surface area contributed by atoms with Crippen LogP contribution in [0.4, 0.5) is 0 Å². The van der Waals surface area contributed by atoms with E-state index in [4.69, 9.17) is 33.6 Å². The number of aliphatic hydroxyl groups excluding tert-OH is 2. The minimum absolute atomic E-state index is 0.00889. The number of hydrogen-bond acceptors (Lipinski definition) is 13. The normalized spacial score (nSPS) is 29.9. The fraction of sp³-hybridized carbons (Fsp3) is 0.581. The molecule has 1 spiro atoms. The highest BCUT2D eigenvalue weighted by Gasteiger charge is 2.77. The van der Waals surface area contributed by atoms with Crippen molar-refractivity contribution in [2.75, 3.05) is 26.4 Å². The first-order valence-electron chi connectivity index (χ1n) is 20.3. The fourth-order valence-corrected chi connectivity index (χ4v) is 9.73. The number of rotatable bonds is 13. The monoisotopic (exact) mass is 803 g/mol. The van der Waals surface area contributed by atoms with Gasteiger partial charge in [0, 0.05) is 32.2 Å². The summed E-state index contributed by atoms with van der Waals surface area (Å²) in [5.41, 5.74) is 1.60. The van der Waals surface area contributed by atoms with E-state index >= 15 is 4.79 Å². The van der Waals surface area contributed by atoms with Crippen LogP contribution in [0.2, 0.25) is 0 Å². The first kappa shape index (κ1) is 40.4. The summed E-state index contributed by atoms with van der Waals surface area (Å²) >= 11 is 0. The van der Waals surface area contributed by atoms with E-state index in [9.17, 15) is 19.5 Å². The van der Waals surface area contributed by atoms with Crippen molar-refractivity contribution in [3.05, 3.63) is 77.0 Å². The third-order valence-electron chi connectivity index (χ3n) is 12.1. The van der Waals surface area contributed by atoms with Crippen LogP contribution in [-0.4, -0.2) is 124 Å². The number of amides is 2. The van der Waals surface area contributed by atoms with Gasteiger partial charge in [0.15, 0.2) is 11.8 Å². The number of hydroxylamine groups is 2. The van der Waals surface area contributed by atoms with Crippen LogP contribution >= 0.6 is 0 Å². The summed E-state index contributed by atoms with van der Waals surface area (Å²) in [5, 5.41) is 23.7. The quantitative estimate of drug-likeness (QED) is 0.153. The van der Waals surface area contributed by atoms with Crippen molar-refractivity contribution in [1.82, 2.24) is 15.3 Å². The minimum Gasteiger partial charge on any atom is -0.499 e. The molecule has 2 aromatic rings. The van der Waals surface area contributed by atoms with Gasteiger partial charge in [0.25, 0.3) is 0 Å². The lowest BCUT2D eigenvalue weighted by atomic mass is 9.62. The van der Waals surface area contributed by atoms with Crippen molar-refractivity contribution >= 4 is 29.8 Å². The molecule has 58 heavy (non-hydrogen) atoms. The predicted octanol–water partition coefficient (Wildman–Crippen LogP) is 2.34. The van der Waals surface area contributed by atoms with Gasteiger partial charge in [-0.2, -0.15) is 5.06 Å². The lowest BCUT2D eigenvalue weighted by molar-refractivity contribution is -0.218. The molecular weight excluding hydrogens is 750 g/mol. The summed E-state index contributed by atoms with van der Waals surface area (Å²) in [4.78, 5) is 64.7. The molecule has 8 rings (SSSR count). The van der Waals surface area contributed by atoms with Crippen LogP contribution in [0.5, 0.6) is 0 Å². The lowest BCUT2D eigenvalue weighted by Crippen LogP contribution is -2.70. The molecule has 4 heterocycles. The Labute approximate surface area is 337 Å². The standard InChI is InChI=1S/C43H53N3O12/c1-41(2,3)55-33(49)15-14-30(25-48)44-38(50)31-13-8-17-45(31)40(52)43-23-32-34-35(57-42(56-34)21-27-10-5-6-11-28(27)22-42)37(43)58-46(36(43)39(51)54-32)24-29-12-7-4-9-26(29)16-19-53-20-18-47/h4-7,9-12,16,19,30-32,34-37,47-48H,8,13-15,17-18,20-25H2,1-3H3,(H,44,50)/t30-,31+,32+,34-,35-,36-,37+,43-/m0/s1. The van der Waals surface area contributed by atoms with Gasteiger partial charge >= 0.3 is 11.9 Å². The van der Waals surface area contributed by atoms with E-state index in [0.29, 0.717) is 25.7 Å². The zero-order valence-electron chi connectivity index (χ0n) is 33.2. The summed E-state index contributed by atoms with van der Waals surface area (Å²) < 4.78 is 30.7. The SMILES string of the molecule is CC(C)(C)OC(=O)CC[C@@H](CO)NC(=O)[C@H]1CCCN1C(=O)[C@@]12C[C@H]3OC(=O)[C@@H]1N(Cc1ccccc1C=COCCO)O[C@@H]2[C@H]1OC2(Cc4ccccc4C2)O[C@H]13. The zero-order valence-corrected chi connectivity index (χ0v) is 33.2. The molecule has 15 heteroatoms. The first-order valence-corrected chi connectivity index (χ1v) is 20.3. The Hall–Kier alpha value is -4.38. The van der Waals surface area contributed by atoms with Crippen molar-refractivity contribution in [2.45, 2.75) is 126 Å². The van der Waals surface area contributed by atoms with Gasteiger partial charge in [0.2, 0.25) is 11.8 Å². The maximum Gasteiger partial charge on any atom is 0.327 e. The smallest absolute Gasteiger partial charge is 0.327 e. The predicted molar refractivity (Wildman–Crippen MR) is 205 cm³/mol. The molecule has 2 aliphatic carbocycles. The topological polar surface area (TPSA) is 183 Å². The summed E-state index contributed by atoms with van der Waals surface area (Å²) in [5.74, 6) is -2.94. The third kappa shape index (κ3) is 7.52. The largest absolute Gasteiger partial charge is 0.499 e. The van der Waals surface area contributed by atoms with E-state index in [0.717, 1.165) is 22.3 Å². The van der Waals surface area contributed by atoms with Gasteiger partial charge in [0.1, 0.15) is 48.1 Å². The number of aliphatic hydroxyl groups is 2. The van der Waals surface area contributed by atoms with E-state index in [1.165, 1.54) is 11.3 Å². The average Bonchev–Trinajstić information content (AvgIpc) is 3.98. The Morgan fingerprint density at radius 2 is 1.76 bits per heavy atom. The fourth-order valence-electron chi connectivity index (χ4n) is 9.73. The molecule has 4 aliphatic heterocycles. The highest BCUT2D eigenvalue weighted by Crippen LogP contribution is 2.59. The van der Waals surface area contributed by atoms with E-state index in [-0.39, 0.29) is 45.6 Å². The van der Waals surface area contributed by atoms with Gasteiger partial charge in [-0.05, 0) is 68.4 Å². The van der Waals surface area contributed by atoms with E-state index in [1.807, 2.05) is 48.5 Å². The second-order valence-electron chi connectivity index (χ2n) is 17.2. The highest BCUT2D eigenvalue weighted by molar-refractivity contribution is 5.96. The van der Waals surface area contributed by atoms with Gasteiger partial charge < -0.3 is 44.1 Å². The molecule has 2 aromatic carbocycles.